The molecule has 0 spiro atoms. The van der Waals surface area contributed by atoms with Crippen LogP contribution in [-0.4, -0.2) is 22.4 Å². The second-order valence-corrected chi connectivity index (χ2v) is 2.58. The molecule has 0 aliphatic carbocycles. The topological polar surface area (TPSA) is 33.1 Å². The number of hydrogen-bond acceptors (Lipinski definition) is 2. The molecule has 0 aromatic carbocycles. The second-order valence-electron chi connectivity index (χ2n) is 2.58. The van der Waals surface area contributed by atoms with Crippen LogP contribution in [0.25, 0.3) is 0 Å². The van der Waals surface area contributed by atoms with Crippen molar-refractivity contribution in [1.29, 1.82) is 0 Å². The smallest absolute Gasteiger partial charge is 0.383 e. The minimum Gasteiger partial charge on any atom is -0.383 e. The molecule has 2 nitrogen and oxygen atoms in total. The number of aliphatic hydroxyl groups is 1. The van der Waals surface area contributed by atoms with Gasteiger partial charge >= 0.3 is 6.18 Å². The molecule has 5 heteroatoms. The highest BCUT2D eigenvalue weighted by Gasteiger charge is 2.38. The molecule has 1 heterocycles. The van der Waals surface area contributed by atoms with Gasteiger partial charge in [0.15, 0.2) is 6.10 Å². The Morgan fingerprint density at radius 3 is 2.54 bits per heavy atom. The summed E-state index contributed by atoms with van der Waals surface area (Å²) in [6.45, 7) is 0. The third-order valence-electron chi connectivity index (χ3n) is 1.51. The number of rotatable bonds is 2. The number of halogens is 3. The highest BCUT2D eigenvalue weighted by molar-refractivity contribution is 5.05. The lowest BCUT2D eigenvalue weighted by molar-refractivity contribution is -0.203. The van der Waals surface area contributed by atoms with Gasteiger partial charge in [-0.25, -0.2) is 0 Å². The van der Waals surface area contributed by atoms with Crippen LogP contribution in [0.15, 0.2) is 24.4 Å². The molecule has 0 fully saturated rings. The summed E-state index contributed by atoms with van der Waals surface area (Å²) in [6, 6.07) is 4.61. The zero-order chi connectivity index (χ0) is 9.90. The summed E-state index contributed by atoms with van der Waals surface area (Å²) in [6.07, 6.45) is -6.01. The lowest BCUT2D eigenvalue weighted by atomic mass is 10.2. The van der Waals surface area contributed by atoms with Crippen LogP contribution >= 0.6 is 0 Å². The highest BCUT2D eigenvalue weighted by atomic mass is 19.4. The molecule has 1 aromatic heterocycles. The van der Waals surface area contributed by atoms with E-state index in [-0.39, 0.29) is 5.69 Å². The standard InChI is InChI=1S/C8H8F3NO/c9-8(10,11)7(13)5-6-3-1-2-4-12-6/h1-4,7,13H,5H2. The first-order valence-corrected chi connectivity index (χ1v) is 3.65. The van der Waals surface area contributed by atoms with E-state index in [2.05, 4.69) is 4.98 Å². The van der Waals surface area contributed by atoms with Gasteiger partial charge in [0.1, 0.15) is 0 Å². The summed E-state index contributed by atoms with van der Waals surface area (Å²) in [5.74, 6) is 0. The maximum absolute atomic E-state index is 11.9. The molecular weight excluding hydrogens is 183 g/mol. The van der Waals surface area contributed by atoms with Gasteiger partial charge in [-0.15, -0.1) is 0 Å². The van der Waals surface area contributed by atoms with Crippen molar-refractivity contribution < 1.29 is 18.3 Å². The van der Waals surface area contributed by atoms with E-state index in [1.807, 2.05) is 0 Å². The molecule has 0 aliphatic heterocycles. The lowest BCUT2D eigenvalue weighted by Crippen LogP contribution is -2.30. The molecule has 0 aliphatic rings. The van der Waals surface area contributed by atoms with E-state index in [1.54, 1.807) is 12.1 Å². The number of aromatic nitrogens is 1. The predicted molar refractivity (Wildman–Crippen MR) is 40.0 cm³/mol. The molecule has 0 saturated heterocycles. The van der Waals surface area contributed by atoms with E-state index in [4.69, 9.17) is 5.11 Å². The van der Waals surface area contributed by atoms with Gasteiger partial charge in [0, 0.05) is 18.3 Å². The van der Waals surface area contributed by atoms with Gasteiger partial charge in [-0.2, -0.15) is 13.2 Å². The van der Waals surface area contributed by atoms with Gasteiger partial charge in [0.05, 0.1) is 0 Å². The average molecular weight is 191 g/mol. The molecule has 1 atom stereocenters. The normalized spacial score (nSPS) is 14.2. The second kappa shape index (κ2) is 3.74. The van der Waals surface area contributed by atoms with Crippen LogP contribution in [0.2, 0.25) is 0 Å². The summed E-state index contributed by atoms with van der Waals surface area (Å²) < 4.78 is 35.6. The zero-order valence-corrected chi connectivity index (χ0v) is 6.62. The lowest BCUT2D eigenvalue weighted by Gasteiger charge is -2.13. The Morgan fingerprint density at radius 2 is 2.08 bits per heavy atom. The maximum Gasteiger partial charge on any atom is 0.414 e. The van der Waals surface area contributed by atoms with Crippen LogP contribution in [0.3, 0.4) is 0 Å². The third kappa shape index (κ3) is 3.02. The number of aliphatic hydroxyl groups excluding tert-OH is 1. The molecule has 1 rings (SSSR count). The van der Waals surface area contributed by atoms with E-state index in [1.165, 1.54) is 12.3 Å². The third-order valence-corrected chi connectivity index (χ3v) is 1.51. The Hall–Kier alpha value is -1.10. The number of hydrogen-bond donors (Lipinski definition) is 1. The SMILES string of the molecule is OC(Cc1ccccn1)C(F)(F)F. The van der Waals surface area contributed by atoms with Crippen LogP contribution < -0.4 is 0 Å². The van der Waals surface area contributed by atoms with E-state index in [0.717, 1.165) is 0 Å². The van der Waals surface area contributed by atoms with E-state index < -0.39 is 18.7 Å². The van der Waals surface area contributed by atoms with Gasteiger partial charge in [0.2, 0.25) is 0 Å². The van der Waals surface area contributed by atoms with Crippen molar-refractivity contribution in [3.63, 3.8) is 0 Å². The molecule has 1 N–H and O–H groups in total. The molecule has 1 unspecified atom stereocenters. The summed E-state index contributed by atoms with van der Waals surface area (Å²) >= 11 is 0. The molecular formula is C8H8F3NO. The molecule has 13 heavy (non-hydrogen) atoms. The Balaban J connectivity index is 2.61. The van der Waals surface area contributed by atoms with Crippen molar-refractivity contribution in [2.24, 2.45) is 0 Å². The summed E-state index contributed by atoms with van der Waals surface area (Å²) in [5.41, 5.74) is 0.229. The molecule has 1 aromatic rings. The first kappa shape index (κ1) is 9.98. The van der Waals surface area contributed by atoms with Crippen molar-refractivity contribution in [3.8, 4) is 0 Å². The minimum atomic E-state index is -4.57. The van der Waals surface area contributed by atoms with Crippen LogP contribution in [-0.2, 0) is 6.42 Å². The fraction of sp³-hybridized carbons (Fsp3) is 0.375. The predicted octanol–water partition coefficient (Wildman–Crippen LogP) is 1.55. The van der Waals surface area contributed by atoms with Crippen molar-refractivity contribution in [1.82, 2.24) is 4.98 Å². The summed E-state index contributed by atoms with van der Waals surface area (Å²) in [7, 11) is 0. The Morgan fingerprint density at radius 1 is 1.38 bits per heavy atom. The molecule has 0 radical (unpaired) electrons. The van der Waals surface area contributed by atoms with Crippen molar-refractivity contribution in [2.75, 3.05) is 0 Å². The molecule has 0 bridgehead atoms. The van der Waals surface area contributed by atoms with E-state index in [0.29, 0.717) is 0 Å². The van der Waals surface area contributed by atoms with Crippen LogP contribution in [0, 0.1) is 0 Å². The fourth-order valence-corrected chi connectivity index (χ4v) is 0.833. The molecule has 0 amide bonds. The van der Waals surface area contributed by atoms with Crippen LogP contribution in [0.1, 0.15) is 5.69 Å². The molecule has 72 valence electrons. The Bertz CT molecular complexity index is 260. The minimum absolute atomic E-state index is 0.229. The van der Waals surface area contributed by atoms with Gasteiger partial charge in [-0.3, -0.25) is 4.98 Å². The summed E-state index contributed by atoms with van der Waals surface area (Å²) in [5, 5.41) is 8.67. The van der Waals surface area contributed by atoms with Crippen molar-refractivity contribution >= 4 is 0 Å². The van der Waals surface area contributed by atoms with Gasteiger partial charge in [0.25, 0.3) is 0 Å². The first-order valence-electron chi connectivity index (χ1n) is 3.65. The maximum atomic E-state index is 11.9. The Kier molecular flexibility index (Phi) is 2.87. The van der Waals surface area contributed by atoms with Gasteiger partial charge in [-0.1, -0.05) is 6.07 Å². The average Bonchev–Trinajstić information content (AvgIpc) is 2.04. The number of pyridine rings is 1. The largest absolute Gasteiger partial charge is 0.414 e. The van der Waals surface area contributed by atoms with E-state index >= 15 is 0 Å². The van der Waals surface area contributed by atoms with Gasteiger partial charge < -0.3 is 5.11 Å². The fourth-order valence-electron chi connectivity index (χ4n) is 0.833. The highest BCUT2D eigenvalue weighted by Crippen LogP contribution is 2.22. The van der Waals surface area contributed by atoms with Crippen molar-refractivity contribution in [2.45, 2.75) is 18.7 Å². The van der Waals surface area contributed by atoms with Crippen molar-refractivity contribution in [3.05, 3.63) is 30.1 Å². The summed E-state index contributed by atoms with van der Waals surface area (Å²) in [4.78, 5) is 3.67. The quantitative estimate of drug-likeness (QED) is 0.769. The van der Waals surface area contributed by atoms with Gasteiger partial charge in [-0.05, 0) is 12.1 Å². The Labute approximate surface area is 73.0 Å². The first-order chi connectivity index (χ1) is 6.00. The van der Waals surface area contributed by atoms with Crippen LogP contribution in [0.5, 0.6) is 0 Å². The number of alkyl halides is 3. The van der Waals surface area contributed by atoms with E-state index in [9.17, 15) is 13.2 Å². The monoisotopic (exact) mass is 191 g/mol. The zero-order valence-electron chi connectivity index (χ0n) is 6.62. The molecule has 0 saturated carbocycles. The van der Waals surface area contributed by atoms with Crippen LogP contribution in [0.4, 0.5) is 13.2 Å². The number of nitrogens with zero attached hydrogens (tertiary/aromatic N) is 1.